The van der Waals surface area contributed by atoms with Crippen molar-refractivity contribution in [2.24, 2.45) is 11.8 Å². The molecule has 0 radical (unpaired) electrons. The van der Waals surface area contributed by atoms with Gasteiger partial charge < -0.3 is 10.6 Å². The third-order valence-corrected chi connectivity index (χ3v) is 4.31. The number of allylic oxidation sites excluding steroid dienone is 4. The van der Waals surface area contributed by atoms with Gasteiger partial charge >= 0.3 is 0 Å². The highest BCUT2D eigenvalue weighted by atomic mass is 19.1. The molecule has 0 saturated heterocycles. The molecule has 4 atom stereocenters. The van der Waals surface area contributed by atoms with Crippen molar-refractivity contribution in [3.63, 3.8) is 0 Å². The molecule has 2 N–H and O–H groups in total. The summed E-state index contributed by atoms with van der Waals surface area (Å²) in [5, 5.41) is 6.22. The van der Waals surface area contributed by atoms with Crippen LogP contribution in [0.4, 0.5) is 4.39 Å². The van der Waals surface area contributed by atoms with Crippen LogP contribution in [0.2, 0.25) is 0 Å². The summed E-state index contributed by atoms with van der Waals surface area (Å²) < 4.78 is 13.6. The summed E-state index contributed by atoms with van der Waals surface area (Å²) in [7, 11) is 0. The van der Waals surface area contributed by atoms with Crippen molar-refractivity contribution >= 4 is 5.91 Å². The largest absolute Gasteiger partial charge is 0.385 e. The van der Waals surface area contributed by atoms with E-state index in [2.05, 4.69) is 17.2 Å². The van der Waals surface area contributed by atoms with Crippen LogP contribution in [-0.4, -0.2) is 18.0 Å². The monoisotopic (exact) mass is 304 g/mol. The van der Waals surface area contributed by atoms with Crippen LogP contribution in [0.5, 0.6) is 0 Å². The van der Waals surface area contributed by atoms with E-state index in [1.807, 2.05) is 27.0 Å². The standard InChI is InChI=1S/C18H25FN2O/c1-11(2)13(4)21-18(22)17-9-16(17)14-6-8-15(19)7-5-12(3)20-10-14/h5,7-8,10,12-13,16-17,20H,1,6,9H2,2-4H3,(H,21,22)/b7-5-,14-10+,15-8+. The van der Waals surface area contributed by atoms with Crippen LogP contribution >= 0.6 is 0 Å². The van der Waals surface area contributed by atoms with Gasteiger partial charge in [0.05, 0.1) is 0 Å². The Bertz CT molecular complexity index is 547. The first-order valence-corrected chi connectivity index (χ1v) is 7.83. The minimum atomic E-state index is -0.223. The van der Waals surface area contributed by atoms with Gasteiger partial charge in [-0.15, -0.1) is 0 Å². The second-order valence-electron chi connectivity index (χ2n) is 6.35. The molecule has 0 aromatic heterocycles. The summed E-state index contributed by atoms with van der Waals surface area (Å²) in [6.45, 7) is 9.66. The van der Waals surface area contributed by atoms with Gasteiger partial charge in [0.2, 0.25) is 5.91 Å². The highest BCUT2D eigenvalue weighted by Crippen LogP contribution is 2.45. The van der Waals surface area contributed by atoms with Gasteiger partial charge in [0, 0.05) is 18.0 Å². The molecule has 1 aliphatic heterocycles. The van der Waals surface area contributed by atoms with Crippen LogP contribution in [-0.2, 0) is 4.79 Å². The molecule has 2 aliphatic rings. The molecule has 4 heteroatoms. The lowest BCUT2D eigenvalue weighted by atomic mass is 10.1. The highest BCUT2D eigenvalue weighted by Gasteiger charge is 2.45. The van der Waals surface area contributed by atoms with Gasteiger partial charge in [0.1, 0.15) is 5.83 Å². The SMILES string of the molecule is C=C(C)C(C)NC(=O)C1CC1/C1=C/NC(C)/C=C\C(F)=C/C1. The van der Waals surface area contributed by atoms with Crippen LogP contribution in [0.15, 0.2) is 48.0 Å². The van der Waals surface area contributed by atoms with E-state index in [9.17, 15) is 9.18 Å². The molecule has 0 bridgehead atoms. The zero-order valence-electron chi connectivity index (χ0n) is 13.5. The maximum atomic E-state index is 13.6. The number of halogens is 1. The van der Waals surface area contributed by atoms with Crippen LogP contribution in [0, 0.1) is 11.8 Å². The van der Waals surface area contributed by atoms with Crippen molar-refractivity contribution in [2.75, 3.05) is 0 Å². The van der Waals surface area contributed by atoms with Gasteiger partial charge in [-0.25, -0.2) is 4.39 Å². The Hall–Kier alpha value is -1.84. The molecule has 1 amide bonds. The molecule has 22 heavy (non-hydrogen) atoms. The molecule has 3 nitrogen and oxygen atoms in total. The van der Waals surface area contributed by atoms with Gasteiger partial charge in [-0.2, -0.15) is 0 Å². The lowest BCUT2D eigenvalue weighted by Crippen LogP contribution is -2.34. The number of amides is 1. The third-order valence-electron chi connectivity index (χ3n) is 4.31. The molecular weight excluding hydrogens is 279 g/mol. The van der Waals surface area contributed by atoms with E-state index in [0.717, 1.165) is 17.6 Å². The Kier molecular flexibility index (Phi) is 5.22. The van der Waals surface area contributed by atoms with E-state index in [4.69, 9.17) is 0 Å². The number of hydrogen-bond acceptors (Lipinski definition) is 2. The van der Waals surface area contributed by atoms with Crippen LogP contribution in [0.25, 0.3) is 0 Å². The van der Waals surface area contributed by atoms with Crippen molar-refractivity contribution in [1.82, 2.24) is 10.6 Å². The molecular formula is C18H25FN2O. The van der Waals surface area contributed by atoms with E-state index in [0.29, 0.717) is 6.42 Å². The molecule has 1 heterocycles. The quantitative estimate of drug-likeness (QED) is 0.782. The van der Waals surface area contributed by atoms with E-state index >= 15 is 0 Å². The minimum absolute atomic E-state index is 0.00432. The fourth-order valence-corrected chi connectivity index (χ4v) is 2.47. The maximum absolute atomic E-state index is 13.6. The lowest BCUT2D eigenvalue weighted by Gasteiger charge is -2.14. The van der Waals surface area contributed by atoms with Gasteiger partial charge in [-0.3, -0.25) is 4.79 Å². The molecule has 1 fully saturated rings. The second-order valence-corrected chi connectivity index (χ2v) is 6.35. The molecule has 1 aliphatic carbocycles. The Balaban J connectivity index is 1.98. The molecule has 1 saturated carbocycles. The van der Waals surface area contributed by atoms with Gasteiger partial charge in [-0.1, -0.05) is 18.2 Å². The first-order chi connectivity index (χ1) is 10.4. The summed E-state index contributed by atoms with van der Waals surface area (Å²) >= 11 is 0. The topological polar surface area (TPSA) is 41.1 Å². The Morgan fingerprint density at radius 1 is 1.55 bits per heavy atom. The molecule has 0 aromatic carbocycles. The molecule has 4 unspecified atom stereocenters. The van der Waals surface area contributed by atoms with Crippen LogP contribution in [0.3, 0.4) is 0 Å². The Labute approximate surface area is 132 Å². The summed E-state index contributed by atoms with van der Waals surface area (Å²) in [6.07, 6.45) is 8.17. The minimum Gasteiger partial charge on any atom is -0.385 e. The average Bonchev–Trinajstić information content (AvgIpc) is 3.24. The smallest absolute Gasteiger partial charge is 0.224 e. The van der Waals surface area contributed by atoms with Gasteiger partial charge in [0.25, 0.3) is 0 Å². The molecule has 0 spiro atoms. The van der Waals surface area contributed by atoms with E-state index in [-0.39, 0.29) is 35.7 Å². The highest BCUT2D eigenvalue weighted by molar-refractivity contribution is 5.82. The van der Waals surface area contributed by atoms with Crippen LogP contribution in [0.1, 0.15) is 33.6 Å². The maximum Gasteiger partial charge on any atom is 0.224 e. The predicted molar refractivity (Wildman–Crippen MR) is 87.6 cm³/mol. The summed E-state index contributed by atoms with van der Waals surface area (Å²) in [4.78, 5) is 12.2. The van der Waals surface area contributed by atoms with Crippen molar-refractivity contribution in [3.05, 3.63) is 48.0 Å². The zero-order valence-corrected chi connectivity index (χ0v) is 13.5. The third kappa shape index (κ3) is 4.33. The van der Waals surface area contributed by atoms with Crippen LogP contribution < -0.4 is 10.6 Å². The Morgan fingerprint density at radius 3 is 2.95 bits per heavy atom. The van der Waals surface area contributed by atoms with E-state index in [1.165, 1.54) is 6.08 Å². The van der Waals surface area contributed by atoms with E-state index < -0.39 is 0 Å². The fourth-order valence-electron chi connectivity index (χ4n) is 2.47. The molecule has 120 valence electrons. The number of carbonyl (C=O) groups is 1. The van der Waals surface area contributed by atoms with Crippen molar-refractivity contribution in [1.29, 1.82) is 0 Å². The zero-order chi connectivity index (χ0) is 16.3. The first kappa shape index (κ1) is 16.5. The average molecular weight is 304 g/mol. The van der Waals surface area contributed by atoms with Gasteiger partial charge in [-0.05, 0) is 63.5 Å². The fraction of sp³-hybridized carbons (Fsp3) is 0.500. The second kappa shape index (κ2) is 6.95. The van der Waals surface area contributed by atoms with E-state index in [1.54, 1.807) is 12.2 Å². The summed E-state index contributed by atoms with van der Waals surface area (Å²) in [6, 6.07) is 0.0599. The lowest BCUT2D eigenvalue weighted by molar-refractivity contribution is -0.122. The number of nitrogens with one attached hydrogen (secondary N) is 2. The van der Waals surface area contributed by atoms with Crippen molar-refractivity contribution in [2.45, 2.75) is 45.7 Å². The number of rotatable bonds is 4. The normalized spacial score (nSPS) is 35.2. The molecule has 0 aromatic rings. The molecule has 2 rings (SSSR count). The summed E-state index contributed by atoms with van der Waals surface area (Å²) in [5.41, 5.74) is 2.03. The number of carbonyl (C=O) groups excluding carboxylic acids is 1. The summed E-state index contributed by atoms with van der Waals surface area (Å²) in [5.74, 6) is 0.0467. The Morgan fingerprint density at radius 2 is 2.27 bits per heavy atom. The van der Waals surface area contributed by atoms with Gasteiger partial charge in [0.15, 0.2) is 0 Å². The van der Waals surface area contributed by atoms with Crippen molar-refractivity contribution in [3.8, 4) is 0 Å². The predicted octanol–water partition coefficient (Wildman–Crippen LogP) is 3.38. The van der Waals surface area contributed by atoms with Crippen molar-refractivity contribution < 1.29 is 9.18 Å². The number of hydrogen-bond donors (Lipinski definition) is 2. The first-order valence-electron chi connectivity index (χ1n) is 7.83.